The summed E-state index contributed by atoms with van der Waals surface area (Å²) in [7, 11) is 0. The van der Waals surface area contributed by atoms with Gasteiger partial charge in [0.25, 0.3) is 0 Å². The van der Waals surface area contributed by atoms with E-state index >= 15 is 0 Å². The highest BCUT2D eigenvalue weighted by atomic mass is 16.7. The van der Waals surface area contributed by atoms with Gasteiger partial charge in [-0.3, -0.25) is 0 Å². The van der Waals surface area contributed by atoms with Gasteiger partial charge in [-0.25, -0.2) is 0 Å². The van der Waals surface area contributed by atoms with Crippen molar-refractivity contribution in [2.24, 2.45) is 0 Å². The molecule has 0 aliphatic carbocycles. The van der Waals surface area contributed by atoms with Gasteiger partial charge in [0.05, 0.1) is 11.3 Å². The molecule has 1 aliphatic rings. The van der Waals surface area contributed by atoms with Gasteiger partial charge in [0.1, 0.15) is 18.4 Å². The summed E-state index contributed by atoms with van der Waals surface area (Å²) in [4.78, 5) is 0. The molecule has 4 nitrogen and oxygen atoms in total. The number of ether oxygens (including phenoxy) is 2. The van der Waals surface area contributed by atoms with Crippen molar-refractivity contribution in [2.75, 3.05) is 13.4 Å². The monoisotopic (exact) mass is 342 g/mol. The second-order valence-corrected chi connectivity index (χ2v) is 5.30. The van der Waals surface area contributed by atoms with Crippen LogP contribution in [0, 0.1) is 18.3 Å². The van der Waals surface area contributed by atoms with Crippen LogP contribution >= 0.6 is 0 Å². The Morgan fingerprint density at radius 1 is 1.32 bits per heavy atom. The molecule has 0 atom stereocenters. The van der Waals surface area contributed by atoms with E-state index in [1.54, 1.807) is 6.08 Å². The fraction of sp³-hybridized carbons (Fsp3) is 0.381. The van der Waals surface area contributed by atoms with E-state index in [9.17, 15) is 5.26 Å². The summed E-state index contributed by atoms with van der Waals surface area (Å²) in [5, 5.41) is 9.21. The lowest BCUT2D eigenvalue weighted by molar-refractivity contribution is 0.0802. The number of nitrogens with zero attached hydrogens (tertiary/aromatic N) is 2. The van der Waals surface area contributed by atoms with E-state index in [-0.39, 0.29) is 0 Å². The zero-order valence-corrected chi connectivity index (χ0v) is 16.3. The number of rotatable bonds is 3. The van der Waals surface area contributed by atoms with Gasteiger partial charge in [-0.05, 0) is 33.8 Å². The summed E-state index contributed by atoms with van der Waals surface area (Å²) >= 11 is 0. The van der Waals surface area contributed by atoms with Crippen LogP contribution in [0.4, 0.5) is 0 Å². The SMILES string of the molecule is C=C1COCO1.C=Cc1c(C#N)c(C)n(/C=C/C)c1C=C(C)C.CC. The fourth-order valence-electron chi connectivity index (χ4n) is 2.19. The van der Waals surface area contributed by atoms with Crippen molar-refractivity contribution in [3.8, 4) is 6.07 Å². The van der Waals surface area contributed by atoms with Crippen LogP contribution in [0.25, 0.3) is 18.4 Å². The second kappa shape index (κ2) is 11.9. The molecule has 0 unspecified atom stereocenters. The summed E-state index contributed by atoms with van der Waals surface area (Å²) in [5.74, 6) is 0.731. The number of allylic oxidation sites excluding steroid dienone is 2. The number of hydrogen-bond donors (Lipinski definition) is 0. The molecule has 1 aliphatic heterocycles. The number of hydrogen-bond acceptors (Lipinski definition) is 3. The molecule has 4 heteroatoms. The Kier molecular flexibility index (Phi) is 10.7. The van der Waals surface area contributed by atoms with E-state index in [0.717, 1.165) is 22.7 Å². The lowest BCUT2D eigenvalue weighted by atomic mass is 10.1. The molecular weight excluding hydrogens is 312 g/mol. The quantitative estimate of drug-likeness (QED) is 0.702. The van der Waals surface area contributed by atoms with Gasteiger partial charge in [-0.15, -0.1) is 0 Å². The summed E-state index contributed by atoms with van der Waals surface area (Å²) in [6.45, 7) is 20.3. The van der Waals surface area contributed by atoms with E-state index in [2.05, 4.69) is 25.3 Å². The third kappa shape index (κ3) is 6.48. The van der Waals surface area contributed by atoms with Crippen LogP contribution in [0.2, 0.25) is 0 Å². The number of nitriles is 1. The van der Waals surface area contributed by atoms with Crippen LogP contribution in [0.1, 0.15) is 57.1 Å². The molecule has 25 heavy (non-hydrogen) atoms. The Hall–Kier alpha value is -2.51. The van der Waals surface area contributed by atoms with Gasteiger partial charge < -0.3 is 14.0 Å². The molecule has 0 bridgehead atoms. The molecule has 0 radical (unpaired) electrons. The maximum absolute atomic E-state index is 9.21. The highest BCUT2D eigenvalue weighted by Gasteiger charge is 2.15. The highest BCUT2D eigenvalue weighted by molar-refractivity contribution is 5.72. The smallest absolute Gasteiger partial charge is 0.189 e. The normalized spacial score (nSPS) is 12.3. The molecule has 2 heterocycles. The summed E-state index contributed by atoms with van der Waals surface area (Å²) < 4.78 is 11.5. The first-order valence-electron chi connectivity index (χ1n) is 8.39. The average Bonchev–Trinajstić information content (AvgIpc) is 3.16. The van der Waals surface area contributed by atoms with Crippen LogP contribution in [0.5, 0.6) is 0 Å². The first kappa shape index (κ1) is 22.5. The average molecular weight is 342 g/mol. The molecule has 1 fully saturated rings. The minimum absolute atomic E-state index is 0.388. The van der Waals surface area contributed by atoms with Crippen LogP contribution in [-0.2, 0) is 9.47 Å². The van der Waals surface area contributed by atoms with Crippen LogP contribution in [-0.4, -0.2) is 18.0 Å². The molecule has 0 spiro atoms. The minimum atomic E-state index is 0.388. The van der Waals surface area contributed by atoms with Crippen molar-refractivity contribution in [1.82, 2.24) is 4.57 Å². The lowest BCUT2D eigenvalue weighted by Crippen LogP contribution is -1.93. The van der Waals surface area contributed by atoms with Gasteiger partial charge in [0, 0.05) is 17.5 Å². The zero-order chi connectivity index (χ0) is 19.4. The Bertz CT molecular complexity index is 674. The third-order valence-corrected chi connectivity index (χ3v) is 3.18. The maximum Gasteiger partial charge on any atom is 0.189 e. The fourth-order valence-corrected chi connectivity index (χ4v) is 2.19. The predicted octanol–water partition coefficient (Wildman–Crippen LogP) is 5.76. The van der Waals surface area contributed by atoms with E-state index in [0.29, 0.717) is 19.0 Å². The van der Waals surface area contributed by atoms with Crippen LogP contribution < -0.4 is 0 Å². The molecule has 0 saturated carbocycles. The first-order valence-corrected chi connectivity index (χ1v) is 8.39. The van der Waals surface area contributed by atoms with Crippen molar-refractivity contribution in [2.45, 2.75) is 41.5 Å². The Morgan fingerprint density at radius 3 is 2.28 bits per heavy atom. The van der Waals surface area contributed by atoms with Crippen LogP contribution in [0.15, 0.2) is 30.6 Å². The largest absolute Gasteiger partial charge is 0.470 e. The maximum atomic E-state index is 9.21. The van der Waals surface area contributed by atoms with Crippen LogP contribution in [0.3, 0.4) is 0 Å². The Morgan fingerprint density at radius 2 is 1.96 bits per heavy atom. The summed E-state index contributed by atoms with van der Waals surface area (Å²) in [6.07, 6.45) is 7.76. The molecular formula is C21H30N2O2. The minimum Gasteiger partial charge on any atom is -0.470 e. The van der Waals surface area contributed by atoms with Crippen molar-refractivity contribution in [3.05, 3.63) is 53.1 Å². The van der Waals surface area contributed by atoms with Crippen molar-refractivity contribution < 1.29 is 9.47 Å². The van der Waals surface area contributed by atoms with Crippen molar-refractivity contribution in [3.63, 3.8) is 0 Å². The van der Waals surface area contributed by atoms with Gasteiger partial charge in [0.15, 0.2) is 6.79 Å². The van der Waals surface area contributed by atoms with Gasteiger partial charge >= 0.3 is 0 Å². The lowest BCUT2D eigenvalue weighted by Gasteiger charge is -2.03. The van der Waals surface area contributed by atoms with E-state index in [1.807, 2.05) is 58.4 Å². The number of aromatic nitrogens is 1. The molecule has 136 valence electrons. The Labute approximate surface area is 152 Å². The van der Waals surface area contributed by atoms with Gasteiger partial charge in [0.2, 0.25) is 0 Å². The van der Waals surface area contributed by atoms with Crippen molar-refractivity contribution >= 4 is 18.4 Å². The predicted molar refractivity (Wildman–Crippen MR) is 107 cm³/mol. The van der Waals surface area contributed by atoms with E-state index in [4.69, 9.17) is 9.47 Å². The molecule has 1 saturated heterocycles. The first-order chi connectivity index (χ1) is 12.0. The van der Waals surface area contributed by atoms with E-state index in [1.165, 1.54) is 5.57 Å². The standard InChI is InChI=1S/C15H18N2.C4H6O2.C2H6/c1-6-8-17-12(5)14(10-16)13(7-2)15(17)9-11(3)4;1-4-2-5-3-6-4;1-2/h6-9H,2H2,1,3-5H3;1-3H2;1-2H3/b8-6+;;. The summed E-state index contributed by atoms with van der Waals surface area (Å²) in [5.41, 5.74) is 4.77. The molecule has 0 aromatic carbocycles. The summed E-state index contributed by atoms with van der Waals surface area (Å²) in [6, 6.07) is 2.25. The van der Waals surface area contributed by atoms with E-state index < -0.39 is 0 Å². The molecule has 0 N–H and O–H groups in total. The molecule has 2 rings (SSSR count). The molecule has 1 aromatic rings. The van der Waals surface area contributed by atoms with Gasteiger partial charge in [-0.1, -0.05) is 44.7 Å². The second-order valence-electron chi connectivity index (χ2n) is 5.30. The van der Waals surface area contributed by atoms with Gasteiger partial charge in [-0.2, -0.15) is 5.26 Å². The Balaban J connectivity index is 0.000000596. The molecule has 0 amide bonds. The zero-order valence-electron chi connectivity index (χ0n) is 16.3. The molecule has 1 aromatic heterocycles. The topological polar surface area (TPSA) is 47.2 Å². The third-order valence-electron chi connectivity index (χ3n) is 3.18. The van der Waals surface area contributed by atoms with Crippen molar-refractivity contribution in [1.29, 1.82) is 5.26 Å². The highest BCUT2D eigenvalue weighted by Crippen LogP contribution is 2.26.